The lowest BCUT2D eigenvalue weighted by Crippen LogP contribution is -2.36. The van der Waals surface area contributed by atoms with Crippen LogP contribution in [0.1, 0.15) is 25.3 Å². The standard InChI is InChI=1S/C16H23NO2/c1-13(15-10-6-12-19-15)17-11-5-8-14-7-3-4-9-16(14)18-2/h3-5,7-9,13,15,17H,6,10-12H2,1-2H3/b8-5+/t13-,15-/m1/s1. The first-order valence-electron chi connectivity index (χ1n) is 6.96. The Morgan fingerprint density at radius 1 is 1.47 bits per heavy atom. The van der Waals surface area contributed by atoms with E-state index in [1.807, 2.05) is 18.2 Å². The van der Waals surface area contributed by atoms with Crippen LogP contribution in [-0.4, -0.2) is 32.4 Å². The monoisotopic (exact) mass is 261 g/mol. The van der Waals surface area contributed by atoms with Gasteiger partial charge in [0.15, 0.2) is 0 Å². The van der Waals surface area contributed by atoms with Crippen LogP contribution in [0.15, 0.2) is 30.3 Å². The molecule has 3 nitrogen and oxygen atoms in total. The summed E-state index contributed by atoms with van der Waals surface area (Å²) in [6.45, 7) is 3.94. The molecule has 0 saturated carbocycles. The van der Waals surface area contributed by atoms with Gasteiger partial charge < -0.3 is 14.8 Å². The minimum absolute atomic E-state index is 0.375. The Bertz CT molecular complexity index is 411. The molecule has 1 aromatic rings. The molecule has 1 heterocycles. The summed E-state index contributed by atoms with van der Waals surface area (Å²) in [6.07, 6.45) is 6.95. The molecule has 0 bridgehead atoms. The molecule has 1 aromatic carbocycles. The van der Waals surface area contributed by atoms with Crippen molar-refractivity contribution in [3.8, 4) is 5.75 Å². The van der Waals surface area contributed by atoms with Gasteiger partial charge in [-0.3, -0.25) is 0 Å². The van der Waals surface area contributed by atoms with Crippen molar-refractivity contribution in [3.05, 3.63) is 35.9 Å². The maximum Gasteiger partial charge on any atom is 0.126 e. The molecule has 1 N–H and O–H groups in total. The number of rotatable bonds is 6. The molecule has 0 spiro atoms. The van der Waals surface area contributed by atoms with Crippen LogP contribution in [0.2, 0.25) is 0 Å². The van der Waals surface area contributed by atoms with Gasteiger partial charge in [0.2, 0.25) is 0 Å². The van der Waals surface area contributed by atoms with Crippen LogP contribution in [0.5, 0.6) is 5.75 Å². The second-order valence-corrected chi connectivity index (χ2v) is 4.89. The molecule has 2 atom stereocenters. The first-order valence-corrected chi connectivity index (χ1v) is 6.96. The normalized spacial score (nSPS) is 20.8. The minimum atomic E-state index is 0.375. The Hall–Kier alpha value is -1.32. The lowest BCUT2D eigenvalue weighted by atomic mass is 10.1. The second kappa shape index (κ2) is 7.31. The van der Waals surface area contributed by atoms with Gasteiger partial charge in [-0.1, -0.05) is 30.4 Å². The van der Waals surface area contributed by atoms with Gasteiger partial charge in [-0.2, -0.15) is 0 Å². The van der Waals surface area contributed by atoms with E-state index in [4.69, 9.17) is 9.47 Å². The third-order valence-corrected chi connectivity index (χ3v) is 3.52. The van der Waals surface area contributed by atoms with E-state index in [1.165, 1.54) is 12.8 Å². The Kier molecular flexibility index (Phi) is 5.43. The lowest BCUT2D eigenvalue weighted by molar-refractivity contribution is 0.0849. The number of methoxy groups -OCH3 is 1. The van der Waals surface area contributed by atoms with Gasteiger partial charge in [-0.15, -0.1) is 0 Å². The number of para-hydroxylation sites is 1. The highest BCUT2D eigenvalue weighted by atomic mass is 16.5. The highest BCUT2D eigenvalue weighted by molar-refractivity contribution is 5.57. The molecule has 2 rings (SSSR count). The van der Waals surface area contributed by atoms with Crippen LogP contribution in [0.25, 0.3) is 6.08 Å². The number of ether oxygens (including phenoxy) is 2. The van der Waals surface area contributed by atoms with Crippen molar-refractivity contribution in [1.29, 1.82) is 0 Å². The lowest BCUT2D eigenvalue weighted by Gasteiger charge is -2.18. The fraction of sp³-hybridized carbons (Fsp3) is 0.500. The van der Waals surface area contributed by atoms with Gasteiger partial charge in [-0.25, -0.2) is 0 Å². The molecule has 0 aliphatic carbocycles. The summed E-state index contributed by atoms with van der Waals surface area (Å²) >= 11 is 0. The van der Waals surface area contributed by atoms with Crippen LogP contribution >= 0.6 is 0 Å². The summed E-state index contributed by atoms with van der Waals surface area (Å²) in [5.41, 5.74) is 1.11. The third-order valence-electron chi connectivity index (χ3n) is 3.52. The van der Waals surface area contributed by atoms with Crippen molar-refractivity contribution < 1.29 is 9.47 Å². The van der Waals surface area contributed by atoms with E-state index in [0.717, 1.165) is 24.5 Å². The van der Waals surface area contributed by atoms with Gasteiger partial charge in [-0.05, 0) is 25.8 Å². The minimum Gasteiger partial charge on any atom is -0.496 e. The van der Waals surface area contributed by atoms with Gasteiger partial charge in [0.25, 0.3) is 0 Å². The molecule has 0 amide bonds. The molecule has 1 fully saturated rings. The average Bonchev–Trinajstić information content (AvgIpc) is 2.98. The van der Waals surface area contributed by atoms with Crippen molar-refractivity contribution >= 4 is 6.08 Å². The average molecular weight is 261 g/mol. The van der Waals surface area contributed by atoms with Crippen LogP contribution in [0.4, 0.5) is 0 Å². The number of hydrogen-bond acceptors (Lipinski definition) is 3. The largest absolute Gasteiger partial charge is 0.496 e. The van der Waals surface area contributed by atoms with Crippen molar-refractivity contribution in [1.82, 2.24) is 5.32 Å². The maximum absolute atomic E-state index is 5.66. The molecular formula is C16H23NO2. The second-order valence-electron chi connectivity index (χ2n) is 4.89. The molecule has 3 heteroatoms. The Morgan fingerprint density at radius 3 is 3.05 bits per heavy atom. The summed E-state index contributed by atoms with van der Waals surface area (Å²) in [5, 5.41) is 3.48. The summed E-state index contributed by atoms with van der Waals surface area (Å²) in [5.74, 6) is 0.908. The predicted octanol–water partition coefficient (Wildman–Crippen LogP) is 2.87. The smallest absolute Gasteiger partial charge is 0.126 e. The fourth-order valence-corrected chi connectivity index (χ4v) is 2.37. The summed E-state index contributed by atoms with van der Waals surface area (Å²) in [7, 11) is 1.70. The van der Waals surface area contributed by atoms with E-state index < -0.39 is 0 Å². The third kappa shape index (κ3) is 4.08. The SMILES string of the molecule is COc1ccccc1/C=C/CN[C@H](C)[C@H]1CCCO1. The van der Waals surface area contributed by atoms with E-state index in [1.54, 1.807) is 7.11 Å². The number of nitrogens with one attached hydrogen (secondary N) is 1. The highest BCUT2D eigenvalue weighted by Crippen LogP contribution is 2.18. The van der Waals surface area contributed by atoms with Crippen LogP contribution in [0, 0.1) is 0 Å². The van der Waals surface area contributed by atoms with E-state index >= 15 is 0 Å². The first-order chi connectivity index (χ1) is 9.31. The molecule has 0 aromatic heterocycles. The first kappa shape index (κ1) is 14.1. The summed E-state index contributed by atoms with van der Waals surface area (Å²) < 4.78 is 11.0. The molecule has 19 heavy (non-hydrogen) atoms. The molecule has 1 aliphatic heterocycles. The summed E-state index contributed by atoms with van der Waals surface area (Å²) in [6, 6.07) is 8.43. The van der Waals surface area contributed by atoms with Crippen molar-refractivity contribution in [2.45, 2.75) is 31.9 Å². The van der Waals surface area contributed by atoms with Gasteiger partial charge >= 0.3 is 0 Å². The zero-order chi connectivity index (χ0) is 13.5. The van der Waals surface area contributed by atoms with E-state index in [2.05, 4.69) is 30.5 Å². The number of hydrogen-bond donors (Lipinski definition) is 1. The van der Waals surface area contributed by atoms with Gasteiger partial charge in [0, 0.05) is 24.8 Å². The van der Waals surface area contributed by atoms with Gasteiger partial charge in [0.05, 0.1) is 13.2 Å². The molecule has 1 saturated heterocycles. The van der Waals surface area contributed by atoms with E-state index in [0.29, 0.717) is 12.1 Å². The zero-order valence-corrected chi connectivity index (χ0v) is 11.8. The fourth-order valence-electron chi connectivity index (χ4n) is 2.37. The molecule has 0 radical (unpaired) electrons. The van der Waals surface area contributed by atoms with E-state index in [-0.39, 0.29) is 0 Å². The van der Waals surface area contributed by atoms with Crippen molar-refractivity contribution in [2.24, 2.45) is 0 Å². The Morgan fingerprint density at radius 2 is 2.32 bits per heavy atom. The highest BCUT2D eigenvalue weighted by Gasteiger charge is 2.21. The topological polar surface area (TPSA) is 30.5 Å². The number of benzene rings is 1. The predicted molar refractivity (Wildman–Crippen MR) is 78.5 cm³/mol. The quantitative estimate of drug-likeness (QED) is 0.854. The van der Waals surface area contributed by atoms with Crippen LogP contribution in [-0.2, 0) is 4.74 Å². The Balaban J connectivity index is 1.79. The van der Waals surface area contributed by atoms with Crippen molar-refractivity contribution in [3.63, 3.8) is 0 Å². The van der Waals surface area contributed by atoms with Crippen LogP contribution < -0.4 is 10.1 Å². The van der Waals surface area contributed by atoms with E-state index in [9.17, 15) is 0 Å². The molecule has 104 valence electrons. The summed E-state index contributed by atoms with van der Waals surface area (Å²) in [4.78, 5) is 0. The van der Waals surface area contributed by atoms with Crippen LogP contribution in [0.3, 0.4) is 0 Å². The molecule has 1 aliphatic rings. The van der Waals surface area contributed by atoms with Gasteiger partial charge in [0.1, 0.15) is 5.75 Å². The molecule has 0 unspecified atom stereocenters. The van der Waals surface area contributed by atoms with Crippen molar-refractivity contribution in [2.75, 3.05) is 20.3 Å². The Labute approximate surface area is 115 Å². The maximum atomic E-state index is 5.66. The molecular weight excluding hydrogens is 238 g/mol. The zero-order valence-electron chi connectivity index (χ0n) is 11.8.